The predicted octanol–water partition coefficient (Wildman–Crippen LogP) is 2.05. The molecule has 0 unspecified atom stereocenters. The van der Waals surface area contributed by atoms with Gasteiger partial charge in [0.05, 0.1) is 6.61 Å². The Morgan fingerprint density at radius 2 is 2.46 bits per heavy atom. The lowest BCUT2D eigenvalue weighted by atomic mass is 10.00. The van der Waals surface area contributed by atoms with Crippen LogP contribution >= 0.6 is 11.3 Å². The summed E-state index contributed by atoms with van der Waals surface area (Å²) in [6.45, 7) is 1.31. The second kappa shape index (κ2) is 4.22. The van der Waals surface area contributed by atoms with E-state index < -0.39 is 0 Å². The fourth-order valence-electron chi connectivity index (χ4n) is 1.80. The lowest BCUT2D eigenvalue weighted by Crippen LogP contribution is -2.26. The van der Waals surface area contributed by atoms with Crippen LogP contribution in [0.1, 0.15) is 35.7 Å². The second-order valence-electron chi connectivity index (χ2n) is 3.51. The van der Waals surface area contributed by atoms with Crippen LogP contribution in [0.5, 0.6) is 0 Å². The van der Waals surface area contributed by atoms with Gasteiger partial charge in [0.15, 0.2) is 0 Å². The molecule has 0 saturated carbocycles. The van der Waals surface area contributed by atoms with Crippen molar-refractivity contribution < 1.29 is 5.11 Å². The molecule has 0 aliphatic carbocycles. The summed E-state index contributed by atoms with van der Waals surface area (Å²) < 4.78 is 0. The summed E-state index contributed by atoms with van der Waals surface area (Å²) in [6.07, 6.45) is 3.86. The zero-order valence-corrected chi connectivity index (χ0v) is 8.44. The Balaban J connectivity index is 2.05. The molecule has 0 spiro atoms. The fraction of sp³-hybridized carbons (Fsp3) is 0.600. The van der Waals surface area contributed by atoms with E-state index in [2.05, 4.69) is 16.8 Å². The van der Waals surface area contributed by atoms with Gasteiger partial charge in [-0.25, -0.2) is 0 Å². The van der Waals surface area contributed by atoms with Crippen LogP contribution in [0.2, 0.25) is 0 Å². The summed E-state index contributed by atoms with van der Waals surface area (Å²) in [6, 6.07) is 2.65. The van der Waals surface area contributed by atoms with Crippen molar-refractivity contribution in [2.24, 2.45) is 0 Å². The molecule has 2 rings (SSSR count). The minimum atomic E-state index is 0.178. The molecule has 1 fully saturated rings. The van der Waals surface area contributed by atoms with Crippen LogP contribution in [0.25, 0.3) is 0 Å². The van der Waals surface area contributed by atoms with Crippen LogP contribution in [-0.4, -0.2) is 11.7 Å². The van der Waals surface area contributed by atoms with Crippen LogP contribution in [0.15, 0.2) is 11.4 Å². The van der Waals surface area contributed by atoms with Crippen molar-refractivity contribution in [1.82, 2.24) is 5.32 Å². The number of hydrogen-bond acceptors (Lipinski definition) is 3. The minimum Gasteiger partial charge on any atom is -0.391 e. The SMILES string of the molecule is OCc1cc([C@H]2CCCCN2)cs1. The summed E-state index contributed by atoms with van der Waals surface area (Å²) in [4.78, 5) is 1.07. The molecule has 0 amide bonds. The van der Waals surface area contributed by atoms with Gasteiger partial charge in [-0.2, -0.15) is 0 Å². The molecule has 2 nitrogen and oxygen atoms in total. The first-order chi connectivity index (χ1) is 6.40. The maximum Gasteiger partial charge on any atom is 0.0774 e. The van der Waals surface area contributed by atoms with Crippen molar-refractivity contribution >= 4 is 11.3 Å². The molecule has 1 aliphatic rings. The summed E-state index contributed by atoms with van der Waals surface area (Å²) in [5, 5.41) is 14.6. The van der Waals surface area contributed by atoms with Gasteiger partial charge in [-0.15, -0.1) is 11.3 Å². The normalized spacial score (nSPS) is 23.3. The largest absolute Gasteiger partial charge is 0.391 e. The fourth-order valence-corrected chi connectivity index (χ4v) is 2.60. The highest BCUT2D eigenvalue weighted by molar-refractivity contribution is 7.10. The summed E-state index contributed by atoms with van der Waals surface area (Å²) in [5.74, 6) is 0. The quantitative estimate of drug-likeness (QED) is 0.760. The van der Waals surface area contributed by atoms with Gasteiger partial charge in [0, 0.05) is 10.9 Å². The van der Waals surface area contributed by atoms with E-state index in [1.54, 1.807) is 11.3 Å². The molecular weight excluding hydrogens is 182 g/mol. The highest BCUT2D eigenvalue weighted by Gasteiger charge is 2.15. The molecule has 1 aliphatic heterocycles. The van der Waals surface area contributed by atoms with Gasteiger partial charge in [-0.3, -0.25) is 0 Å². The first-order valence-electron chi connectivity index (χ1n) is 4.81. The molecule has 1 atom stereocenters. The molecule has 1 aromatic rings. The Bertz CT molecular complexity index is 266. The highest BCUT2D eigenvalue weighted by atomic mass is 32.1. The number of nitrogens with one attached hydrogen (secondary N) is 1. The third-order valence-electron chi connectivity index (χ3n) is 2.54. The van der Waals surface area contributed by atoms with Crippen molar-refractivity contribution in [2.45, 2.75) is 31.9 Å². The average Bonchev–Trinajstić information content (AvgIpc) is 2.67. The standard InChI is InChI=1S/C10H15NOS/c12-6-9-5-8(7-13-9)10-3-1-2-4-11-10/h5,7,10-12H,1-4,6H2/t10-/m1/s1. The van der Waals surface area contributed by atoms with Crippen molar-refractivity contribution in [2.75, 3.05) is 6.54 Å². The molecule has 1 aromatic heterocycles. The Labute approximate surface area is 82.6 Å². The third kappa shape index (κ3) is 2.10. The Kier molecular flexibility index (Phi) is 2.98. The zero-order chi connectivity index (χ0) is 9.10. The van der Waals surface area contributed by atoms with Gasteiger partial charge < -0.3 is 10.4 Å². The number of hydrogen-bond donors (Lipinski definition) is 2. The van der Waals surface area contributed by atoms with Gasteiger partial charge in [-0.05, 0) is 36.4 Å². The van der Waals surface area contributed by atoms with Gasteiger partial charge in [-0.1, -0.05) is 6.42 Å². The molecule has 0 aromatic carbocycles. The topological polar surface area (TPSA) is 32.3 Å². The van der Waals surface area contributed by atoms with E-state index in [9.17, 15) is 0 Å². The molecule has 13 heavy (non-hydrogen) atoms. The number of piperidine rings is 1. The zero-order valence-electron chi connectivity index (χ0n) is 7.62. The second-order valence-corrected chi connectivity index (χ2v) is 4.50. The first-order valence-corrected chi connectivity index (χ1v) is 5.69. The molecular formula is C10H15NOS. The molecule has 3 heteroatoms. The lowest BCUT2D eigenvalue weighted by Gasteiger charge is -2.22. The van der Waals surface area contributed by atoms with E-state index in [4.69, 9.17) is 5.11 Å². The Morgan fingerprint density at radius 1 is 1.54 bits per heavy atom. The predicted molar refractivity (Wildman–Crippen MR) is 54.8 cm³/mol. The number of rotatable bonds is 2. The van der Waals surface area contributed by atoms with E-state index in [0.29, 0.717) is 6.04 Å². The third-order valence-corrected chi connectivity index (χ3v) is 3.48. The number of thiophene rings is 1. The van der Waals surface area contributed by atoms with Crippen LogP contribution in [0.4, 0.5) is 0 Å². The van der Waals surface area contributed by atoms with Crippen molar-refractivity contribution in [1.29, 1.82) is 0 Å². The summed E-state index contributed by atoms with van der Waals surface area (Å²) in [5.41, 5.74) is 1.36. The van der Waals surface area contributed by atoms with Crippen molar-refractivity contribution in [3.05, 3.63) is 21.9 Å². The number of aliphatic hydroxyl groups excluding tert-OH is 1. The average molecular weight is 197 g/mol. The highest BCUT2D eigenvalue weighted by Crippen LogP contribution is 2.26. The van der Waals surface area contributed by atoms with E-state index in [1.165, 1.54) is 24.8 Å². The van der Waals surface area contributed by atoms with E-state index in [-0.39, 0.29) is 6.61 Å². The molecule has 0 radical (unpaired) electrons. The van der Waals surface area contributed by atoms with Gasteiger partial charge in [0.25, 0.3) is 0 Å². The maximum atomic E-state index is 8.94. The molecule has 2 heterocycles. The Morgan fingerprint density at radius 3 is 3.08 bits per heavy atom. The van der Waals surface area contributed by atoms with Gasteiger partial charge >= 0.3 is 0 Å². The van der Waals surface area contributed by atoms with E-state index in [0.717, 1.165) is 11.4 Å². The van der Waals surface area contributed by atoms with Crippen LogP contribution < -0.4 is 5.32 Å². The van der Waals surface area contributed by atoms with E-state index in [1.807, 2.05) is 0 Å². The Hall–Kier alpha value is -0.380. The molecule has 1 saturated heterocycles. The van der Waals surface area contributed by atoms with Crippen LogP contribution in [-0.2, 0) is 6.61 Å². The van der Waals surface area contributed by atoms with Crippen molar-refractivity contribution in [3.8, 4) is 0 Å². The van der Waals surface area contributed by atoms with Crippen LogP contribution in [0.3, 0.4) is 0 Å². The van der Waals surface area contributed by atoms with Crippen LogP contribution in [0, 0.1) is 0 Å². The van der Waals surface area contributed by atoms with Gasteiger partial charge in [0.2, 0.25) is 0 Å². The maximum absolute atomic E-state index is 8.94. The first kappa shape index (κ1) is 9.19. The van der Waals surface area contributed by atoms with E-state index >= 15 is 0 Å². The minimum absolute atomic E-state index is 0.178. The molecule has 0 bridgehead atoms. The smallest absolute Gasteiger partial charge is 0.0774 e. The van der Waals surface area contributed by atoms with Gasteiger partial charge in [0.1, 0.15) is 0 Å². The van der Waals surface area contributed by atoms with Crippen molar-refractivity contribution in [3.63, 3.8) is 0 Å². The summed E-state index contributed by atoms with van der Waals surface area (Å²) >= 11 is 1.65. The molecule has 2 N–H and O–H groups in total. The monoisotopic (exact) mass is 197 g/mol. The number of aliphatic hydroxyl groups is 1. The molecule has 72 valence electrons. The lowest BCUT2D eigenvalue weighted by molar-refractivity contribution is 0.285. The summed E-state index contributed by atoms with van der Waals surface area (Å²) in [7, 11) is 0.